The lowest BCUT2D eigenvalue weighted by Gasteiger charge is -2.35. The predicted molar refractivity (Wildman–Crippen MR) is 241 cm³/mol. The Bertz CT molecular complexity index is 3370. The van der Waals surface area contributed by atoms with Crippen LogP contribution in [0.5, 0.6) is 0 Å². The highest BCUT2D eigenvalue weighted by Gasteiger charge is 2.74. The van der Waals surface area contributed by atoms with Gasteiger partial charge in [-0.2, -0.15) is 15.4 Å². The van der Waals surface area contributed by atoms with Gasteiger partial charge in [0.1, 0.15) is 22.9 Å². The highest BCUT2D eigenvalue weighted by Crippen LogP contribution is 2.64. The standard InChI is InChI=1S/C48H47F2N13O4/c1-25-18-32(19-26(2)42(25)49)63-44(61-15-14-60(47(61)66)39-9-8-38-33(43(39)50)22-51-57(38)5)41-27(3)59(13-10-36(41)54-63)45(65)40-21-31-20-30(29-11-16-67-17-12-29)6-7-37(31)62(40)48(46-52-55-56-53-46)34-23-58(28(4)64)24-35(34)48/h6-9,14-15,18-22,27,29,34-35H,10-13,16-17,23-24H2,1-5H3,(H,52,53,55,56)/t27-,34-,35+,48?/m0/s1. The molecule has 0 bridgehead atoms. The zero-order chi connectivity index (χ0) is 46.2. The third-order valence-electron chi connectivity index (χ3n) is 15.1. The summed E-state index contributed by atoms with van der Waals surface area (Å²) in [5.41, 5.74) is 4.25. The normalized spacial score (nSPS) is 21.7. The molecular weight excluding hydrogens is 861 g/mol. The van der Waals surface area contributed by atoms with Gasteiger partial charge in [-0.3, -0.25) is 23.4 Å². The summed E-state index contributed by atoms with van der Waals surface area (Å²) >= 11 is 0. The zero-order valence-corrected chi connectivity index (χ0v) is 37.6. The van der Waals surface area contributed by atoms with Crippen molar-refractivity contribution in [3.63, 3.8) is 0 Å². The molecule has 67 heavy (non-hydrogen) atoms. The van der Waals surface area contributed by atoms with Crippen molar-refractivity contribution in [1.82, 2.24) is 63.7 Å². The Morgan fingerprint density at radius 2 is 1.66 bits per heavy atom. The van der Waals surface area contributed by atoms with Gasteiger partial charge in [-0.05, 0) is 98.7 Å². The van der Waals surface area contributed by atoms with Gasteiger partial charge < -0.3 is 19.1 Å². The molecule has 2 amide bonds. The molecule has 342 valence electrons. The average molecular weight is 908 g/mol. The Kier molecular flexibility index (Phi) is 9.13. The van der Waals surface area contributed by atoms with Crippen LogP contribution in [0.1, 0.15) is 82.9 Å². The fourth-order valence-corrected chi connectivity index (χ4v) is 11.7. The number of H-pyrrole nitrogens is 1. The first-order valence-electron chi connectivity index (χ1n) is 22.7. The molecule has 8 heterocycles. The van der Waals surface area contributed by atoms with E-state index in [-0.39, 0.29) is 40.5 Å². The number of nitrogens with zero attached hydrogens (tertiary/aromatic N) is 12. The van der Waals surface area contributed by atoms with Crippen molar-refractivity contribution in [3.05, 3.63) is 129 Å². The summed E-state index contributed by atoms with van der Waals surface area (Å²) in [6.45, 7) is 9.48. The molecule has 1 saturated carbocycles. The van der Waals surface area contributed by atoms with Crippen molar-refractivity contribution in [2.45, 2.75) is 64.5 Å². The van der Waals surface area contributed by atoms with Gasteiger partial charge >= 0.3 is 5.69 Å². The molecule has 8 aromatic rings. The predicted octanol–water partition coefficient (Wildman–Crippen LogP) is 5.57. The van der Waals surface area contributed by atoms with E-state index in [1.54, 1.807) is 67.6 Å². The number of piperidine rings is 1. The van der Waals surface area contributed by atoms with E-state index in [0.717, 1.165) is 23.7 Å². The van der Waals surface area contributed by atoms with Gasteiger partial charge in [0.05, 0.1) is 40.2 Å². The molecule has 2 saturated heterocycles. The molecule has 3 aliphatic heterocycles. The summed E-state index contributed by atoms with van der Waals surface area (Å²) in [5.74, 6) is -0.251. The van der Waals surface area contributed by atoms with E-state index in [1.165, 1.54) is 27.1 Å². The van der Waals surface area contributed by atoms with E-state index in [4.69, 9.17) is 9.84 Å². The Morgan fingerprint density at radius 1 is 0.925 bits per heavy atom. The Morgan fingerprint density at radius 3 is 2.37 bits per heavy atom. The minimum absolute atomic E-state index is 0.0154. The minimum Gasteiger partial charge on any atom is -0.381 e. The maximum Gasteiger partial charge on any atom is 0.338 e. The molecule has 1 N–H and O–H groups in total. The SMILES string of the molecule is CC(=O)N1C[C@@H]2[C@H](C1)C2(c1nn[nH]n1)n1c(C(=O)N2CCc3nn(-c4cc(C)c(F)c(C)c4)c(-n4ccn(-c5ccc6c(cnn6C)c5F)c4=O)c3[C@@H]2C)cc2cc(C3CCOCC3)ccc21. The monoisotopic (exact) mass is 907 g/mol. The fourth-order valence-electron chi connectivity index (χ4n) is 11.7. The number of benzene rings is 3. The van der Waals surface area contributed by atoms with Crippen LogP contribution in [0.25, 0.3) is 39.0 Å². The highest BCUT2D eigenvalue weighted by atomic mass is 19.1. The first kappa shape index (κ1) is 41.2. The number of amides is 2. The molecule has 0 radical (unpaired) electrons. The number of aryl methyl sites for hydroxylation is 3. The van der Waals surface area contributed by atoms with E-state index >= 15 is 13.6 Å². The maximum absolute atomic E-state index is 16.2. The summed E-state index contributed by atoms with van der Waals surface area (Å²) in [5, 5.41) is 26.2. The molecule has 3 fully saturated rings. The highest BCUT2D eigenvalue weighted by molar-refractivity contribution is 6.00. The van der Waals surface area contributed by atoms with Crippen LogP contribution >= 0.6 is 0 Å². The number of aromatic amines is 1. The largest absolute Gasteiger partial charge is 0.381 e. The van der Waals surface area contributed by atoms with Gasteiger partial charge in [0, 0.05) is 93.9 Å². The van der Waals surface area contributed by atoms with Crippen molar-refractivity contribution < 1.29 is 23.1 Å². The Labute approximate surface area is 381 Å². The number of carbonyl (C=O) groups is 2. The van der Waals surface area contributed by atoms with Crippen molar-refractivity contribution in [1.29, 1.82) is 0 Å². The number of nitrogens with one attached hydrogen (secondary N) is 1. The van der Waals surface area contributed by atoms with Crippen molar-refractivity contribution in [3.8, 4) is 17.2 Å². The van der Waals surface area contributed by atoms with Gasteiger partial charge in [-0.25, -0.2) is 18.3 Å². The minimum atomic E-state index is -0.866. The number of rotatable bonds is 7. The van der Waals surface area contributed by atoms with Gasteiger partial charge in [0.15, 0.2) is 5.82 Å². The first-order chi connectivity index (χ1) is 32.4. The molecule has 19 heteroatoms. The molecule has 4 atom stereocenters. The second kappa shape index (κ2) is 14.9. The fraction of sp³-hybridized carbons (Fsp3) is 0.375. The van der Waals surface area contributed by atoms with Crippen molar-refractivity contribution in [2.75, 3.05) is 32.8 Å². The average Bonchev–Trinajstić information content (AvgIpc) is 4.13. The van der Waals surface area contributed by atoms with Crippen LogP contribution in [0.4, 0.5) is 8.78 Å². The molecule has 12 rings (SSSR count). The summed E-state index contributed by atoms with van der Waals surface area (Å²) < 4.78 is 45.0. The number of ether oxygens (including phenoxy) is 1. The second-order valence-corrected chi connectivity index (χ2v) is 18.6. The van der Waals surface area contributed by atoms with Crippen LogP contribution in [-0.4, -0.2) is 108 Å². The van der Waals surface area contributed by atoms with Gasteiger partial charge in [-0.1, -0.05) is 11.3 Å². The summed E-state index contributed by atoms with van der Waals surface area (Å²) in [7, 11) is 1.72. The molecule has 5 aromatic heterocycles. The number of halogens is 2. The topological polar surface area (TPSA) is 172 Å². The van der Waals surface area contributed by atoms with Crippen molar-refractivity contribution >= 4 is 33.6 Å². The van der Waals surface area contributed by atoms with E-state index < -0.39 is 23.1 Å². The smallest absolute Gasteiger partial charge is 0.338 e. The number of likely N-dealkylation sites (tertiary alicyclic amines) is 1. The number of aromatic nitrogens is 11. The second-order valence-electron chi connectivity index (χ2n) is 18.6. The molecule has 3 aromatic carbocycles. The molecular formula is C48H47F2N13O4. The molecule has 4 aliphatic rings. The van der Waals surface area contributed by atoms with E-state index in [0.29, 0.717) is 96.1 Å². The summed E-state index contributed by atoms with van der Waals surface area (Å²) in [6, 6.07) is 14.4. The number of fused-ring (bicyclic) bond motifs is 4. The molecule has 1 unspecified atom stereocenters. The number of tetrazole rings is 1. The Hall–Kier alpha value is -7.28. The third kappa shape index (κ3) is 5.91. The lowest BCUT2D eigenvalue weighted by Crippen LogP contribution is -2.43. The molecule has 0 spiro atoms. The third-order valence-corrected chi connectivity index (χ3v) is 15.1. The van der Waals surface area contributed by atoms with E-state index in [9.17, 15) is 9.59 Å². The van der Waals surface area contributed by atoms with Gasteiger partial charge in [0.2, 0.25) is 11.7 Å². The number of hydrogen-bond acceptors (Lipinski definition) is 9. The van der Waals surface area contributed by atoms with Crippen LogP contribution in [0.2, 0.25) is 0 Å². The molecule has 17 nitrogen and oxygen atoms in total. The van der Waals surface area contributed by atoms with Crippen LogP contribution in [0.15, 0.2) is 71.9 Å². The first-order valence-corrected chi connectivity index (χ1v) is 22.7. The van der Waals surface area contributed by atoms with E-state index in [2.05, 4.69) is 48.5 Å². The van der Waals surface area contributed by atoms with Crippen LogP contribution < -0.4 is 5.69 Å². The zero-order valence-electron chi connectivity index (χ0n) is 37.6. The van der Waals surface area contributed by atoms with Gasteiger partial charge in [0.25, 0.3) is 5.91 Å². The van der Waals surface area contributed by atoms with Crippen molar-refractivity contribution in [2.24, 2.45) is 18.9 Å². The molecule has 1 aliphatic carbocycles. The summed E-state index contributed by atoms with van der Waals surface area (Å²) in [4.78, 5) is 46.8. The lowest BCUT2D eigenvalue weighted by atomic mass is 9.91. The van der Waals surface area contributed by atoms with Crippen LogP contribution in [0, 0.1) is 37.3 Å². The quantitative estimate of drug-likeness (QED) is 0.215. The van der Waals surface area contributed by atoms with Crippen LogP contribution in [0.3, 0.4) is 0 Å². The van der Waals surface area contributed by atoms with E-state index in [1.807, 2.05) is 22.8 Å². The van der Waals surface area contributed by atoms with Crippen LogP contribution in [-0.2, 0) is 28.5 Å². The Balaban J connectivity index is 1.01. The maximum atomic E-state index is 16.2. The summed E-state index contributed by atoms with van der Waals surface area (Å²) in [6.07, 6.45) is 6.65. The number of carbonyl (C=O) groups excluding carboxylic acids is 2. The van der Waals surface area contributed by atoms with Gasteiger partial charge in [-0.15, -0.1) is 10.2 Å². The number of imidazole rings is 1. The lowest BCUT2D eigenvalue weighted by molar-refractivity contribution is -0.128. The number of hydrogen-bond donors (Lipinski definition) is 1.